The molecule has 2 aromatic carbocycles. The molecule has 0 saturated carbocycles. The van der Waals surface area contributed by atoms with Gasteiger partial charge in [0.2, 0.25) is 0 Å². The normalized spacial score (nSPS) is 12.3. The van der Waals surface area contributed by atoms with Crippen LogP contribution in [0.5, 0.6) is 5.75 Å². The smallest absolute Gasteiger partial charge is 0.124 e. The first-order valence-corrected chi connectivity index (χ1v) is 7.05. The maximum absolute atomic E-state index is 6.32. The van der Waals surface area contributed by atoms with E-state index in [9.17, 15) is 0 Å². The lowest BCUT2D eigenvalue weighted by Crippen LogP contribution is -2.13. The molecule has 0 bridgehead atoms. The van der Waals surface area contributed by atoms with Gasteiger partial charge in [0.15, 0.2) is 0 Å². The molecule has 2 rings (SSSR count). The molecule has 2 aromatic rings. The summed E-state index contributed by atoms with van der Waals surface area (Å²) in [5.74, 6) is 0.771. The lowest BCUT2D eigenvalue weighted by molar-refractivity contribution is 0.407. The van der Waals surface area contributed by atoms with Crippen LogP contribution in [0.1, 0.15) is 22.7 Å². The van der Waals surface area contributed by atoms with Crippen LogP contribution >= 0.6 is 27.5 Å². The summed E-state index contributed by atoms with van der Waals surface area (Å²) in [6, 6.07) is 11.4. The summed E-state index contributed by atoms with van der Waals surface area (Å²) in [4.78, 5) is 0. The summed E-state index contributed by atoms with van der Waals surface area (Å²) in [6.07, 6.45) is 0. The fourth-order valence-electron chi connectivity index (χ4n) is 1.93. The number of hydrogen-bond donors (Lipinski definition) is 1. The Morgan fingerprint density at radius 3 is 2.58 bits per heavy atom. The molecule has 0 aliphatic rings. The third-order valence-electron chi connectivity index (χ3n) is 3.08. The highest BCUT2D eigenvalue weighted by molar-refractivity contribution is 9.10. The third kappa shape index (κ3) is 3.11. The van der Waals surface area contributed by atoms with E-state index in [2.05, 4.69) is 15.9 Å². The Morgan fingerprint density at radius 2 is 1.95 bits per heavy atom. The van der Waals surface area contributed by atoms with Gasteiger partial charge in [0.05, 0.1) is 13.2 Å². The van der Waals surface area contributed by atoms with E-state index in [4.69, 9.17) is 22.1 Å². The van der Waals surface area contributed by atoms with Gasteiger partial charge in [-0.05, 0) is 42.3 Å². The Kier molecular flexibility index (Phi) is 4.50. The van der Waals surface area contributed by atoms with Crippen LogP contribution in [0.25, 0.3) is 0 Å². The molecule has 0 heterocycles. The molecule has 19 heavy (non-hydrogen) atoms. The van der Waals surface area contributed by atoms with Crippen molar-refractivity contribution in [2.75, 3.05) is 7.11 Å². The summed E-state index contributed by atoms with van der Waals surface area (Å²) in [5, 5.41) is 0.724. The zero-order valence-electron chi connectivity index (χ0n) is 10.8. The standard InChI is InChI=1S/C15H15BrClNO/c1-9-3-4-10(7-13(9)17)15(18)12-8-11(16)5-6-14(12)19-2/h3-8,15H,18H2,1-2H3. The highest BCUT2D eigenvalue weighted by atomic mass is 79.9. The molecule has 0 aliphatic carbocycles. The SMILES string of the molecule is COc1ccc(Br)cc1C(N)c1ccc(C)c(Cl)c1. The van der Waals surface area contributed by atoms with E-state index in [1.165, 1.54) is 0 Å². The first-order valence-electron chi connectivity index (χ1n) is 5.88. The van der Waals surface area contributed by atoms with Crippen molar-refractivity contribution >= 4 is 27.5 Å². The van der Waals surface area contributed by atoms with Gasteiger partial charge in [-0.3, -0.25) is 0 Å². The quantitative estimate of drug-likeness (QED) is 0.895. The van der Waals surface area contributed by atoms with Crippen LogP contribution in [-0.2, 0) is 0 Å². The molecule has 4 heteroatoms. The number of methoxy groups -OCH3 is 1. The van der Waals surface area contributed by atoms with Crippen molar-refractivity contribution in [2.45, 2.75) is 13.0 Å². The average Bonchev–Trinajstić information content (AvgIpc) is 2.41. The maximum Gasteiger partial charge on any atom is 0.124 e. The Balaban J connectivity index is 2.45. The van der Waals surface area contributed by atoms with Gasteiger partial charge in [-0.1, -0.05) is 39.7 Å². The van der Waals surface area contributed by atoms with Crippen LogP contribution in [0.2, 0.25) is 5.02 Å². The zero-order chi connectivity index (χ0) is 14.0. The Bertz CT molecular complexity index is 601. The minimum Gasteiger partial charge on any atom is -0.496 e. The molecular weight excluding hydrogens is 326 g/mol. The number of rotatable bonds is 3. The first kappa shape index (κ1) is 14.4. The summed E-state index contributed by atoms with van der Waals surface area (Å²) in [6.45, 7) is 1.97. The van der Waals surface area contributed by atoms with Crippen molar-refractivity contribution in [1.82, 2.24) is 0 Å². The van der Waals surface area contributed by atoms with E-state index in [1.807, 2.05) is 43.3 Å². The zero-order valence-corrected chi connectivity index (χ0v) is 13.1. The van der Waals surface area contributed by atoms with Crippen LogP contribution in [-0.4, -0.2) is 7.11 Å². The second kappa shape index (κ2) is 5.95. The second-order valence-electron chi connectivity index (χ2n) is 4.37. The molecule has 0 saturated heterocycles. The van der Waals surface area contributed by atoms with E-state index in [1.54, 1.807) is 7.11 Å². The predicted octanol–water partition coefficient (Wildman–Crippen LogP) is 4.47. The lowest BCUT2D eigenvalue weighted by Gasteiger charge is -2.17. The molecule has 1 atom stereocenters. The fourth-order valence-corrected chi connectivity index (χ4v) is 2.50. The molecule has 1 unspecified atom stereocenters. The molecule has 2 nitrogen and oxygen atoms in total. The van der Waals surface area contributed by atoms with E-state index < -0.39 is 0 Å². The monoisotopic (exact) mass is 339 g/mol. The Labute approximate surface area is 126 Å². The summed E-state index contributed by atoms with van der Waals surface area (Å²) in [5.41, 5.74) is 9.25. The summed E-state index contributed by atoms with van der Waals surface area (Å²) < 4.78 is 6.33. The number of nitrogens with two attached hydrogens (primary N) is 1. The van der Waals surface area contributed by atoms with Crippen LogP contribution in [0.3, 0.4) is 0 Å². The van der Waals surface area contributed by atoms with Gasteiger partial charge in [0.1, 0.15) is 5.75 Å². The number of hydrogen-bond acceptors (Lipinski definition) is 2. The first-order chi connectivity index (χ1) is 9.02. The number of aryl methyl sites for hydroxylation is 1. The van der Waals surface area contributed by atoms with Crippen LogP contribution in [0.15, 0.2) is 40.9 Å². The number of benzene rings is 2. The minimum atomic E-state index is -0.273. The number of halogens is 2. The van der Waals surface area contributed by atoms with Gasteiger partial charge in [-0.25, -0.2) is 0 Å². The molecular formula is C15H15BrClNO. The fraction of sp³-hybridized carbons (Fsp3) is 0.200. The Morgan fingerprint density at radius 1 is 1.21 bits per heavy atom. The molecule has 0 aromatic heterocycles. The molecule has 0 radical (unpaired) electrons. The van der Waals surface area contributed by atoms with Crippen molar-refractivity contribution < 1.29 is 4.74 Å². The summed E-state index contributed by atoms with van der Waals surface area (Å²) >= 11 is 9.61. The molecule has 2 N–H and O–H groups in total. The molecule has 0 aliphatic heterocycles. The van der Waals surface area contributed by atoms with Gasteiger partial charge in [0.25, 0.3) is 0 Å². The molecule has 0 spiro atoms. The van der Waals surface area contributed by atoms with Crippen molar-refractivity contribution in [3.05, 3.63) is 62.6 Å². The molecule has 100 valence electrons. The Hall–Kier alpha value is -1.03. The predicted molar refractivity (Wildman–Crippen MR) is 82.9 cm³/mol. The number of ether oxygens (including phenoxy) is 1. The average molecular weight is 341 g/mol. The van der Waals surface area contributed by atoms with Gasteiger partial charge < -0.3 is 10.5 Å². The lowest BCUT2D eigenvalue weighted by atomic mass is 9.98. The molecule has 0 fully saturated rings. The van der Waals surface area contributed by atoms with Gasteiger partial charge in [-0.2, -0.15) is 0 Å². The van der Waals surface area contributed by atoms with Crippen molar-refractivity contribution in [1.29, 1.82) is 0 Å². The van der Waals surface area contributed by atoms with Gasteiger partial charge in [-0.15, -0.1) is 0 Å². The van der Waals surface area contributed by atoms with E-state index in [0.717, 1.165) is 31.9 Å². The highest BCUT2D eigenvalue weighted by Gasteiger charge is 2.15. The highest BCUT2D eigenvalue weighted by Crippen LogP contribution is 2.32. The van der Waals surface area contributed by atoms with E-state index in [-0.39, 0.29) is 6.04 Å². The van der Waals surface area contributed by atoms with Crippen molar-refractivity contribution in [3.8, 4) is 5.75 Å². The maximum atomic E-state index is 6.32. The third-order valence-corrected chi connectivity index (χ3v) is 3.98. The van der Waals surface area contributed by atoms with Gasteiger partial charge >= 0.3 is 0 Å². The van der Waals surface area contributed by atoms with Crippen LogP contribution in [0, 0.1) is 6.92 Å². The van der Waals surface area contributed by atoms with Gasteiger partial charge in [0, 0.05) is 15.1 Å². The van der Waals surface area contributed by atoms with E-state index in [0.29, 0.717) is 0 Å². The van der Waals surface area contributed by atoms with E-state index >= 15 is 0 Å². The molecule has 0 amide bonds. The minimum absolute atomic E-state index is 0.273. The van der Waals surface area contributed by atoms with Crippen molar-refractivity contribution in [3.63, 3.8) is 0 Å². The van der Waals surface area contributed by atoms with Crippen LogP contribution < -0.4 is 10.5 Å². The largest absolute Gasteiger partial charge is 0.496 e. The second-order valence-corrected chi connectivity index (χ2v) is 5.70. The van der Waals surface area contributed by atoms with Crippen molar-refractivity contribution in [2.24, 2.45) is 5.73 Å². The topological polar surface area (TPSA) is 35.2 Å². The van der Waals surface area contributed by atoms with Crippen LogP contribution in [0.4, 0.5) is 0 Å². The summed E-state index contributed by atoms with van der Waals surface area (Å²) in [7, 11) is 1.64.